The van der Waals surface area contributed by atoms with Crippen molar-refractivity contribution in [3.63, 3.8) is 0 Å². The first-order valence-corrected chi connectivity index (χ1v) is 12.2. The van der Waals surface area contributed by atoms with Crippen LogP contribution in [-0.2, 0) is 39.0 Å². The van der Waals surface area contributed by atoms with Gasteiger partial charge in [0.25, 0.3) is 0 Å². The summed E-state index contributed by atoms with van der Waals surface area (Å²) in [4.78, 5) is 4.62. The monoisotopic (exact) mass is 447 g/mol. The highest BCUT2D eigenvalue weighted by Gasteiger charge is 2.11. The predicted molar refractivity (Wildman–Crippen MR) is 124 cm³/mol. The molecule has 0 aliphatic heterocycles. The van der Waals surface area contributed by atoms with E-state index < -0.39 is 9.84 Å². The minimum Gasteiger partial charge on any atom is -0.379 e. The van der Waals surface area contributed by atoms with Crippen LogP contribution in [0.2, 0.25) is 0 Å². The second-order valence-electron chi connectivity index (χ2n) is 7.22. The Morgan fingerprint density at radius 2 is 1.61 bits per heavy atom. The van der Waals surface area contributed by atoms with Gasteiger partial charge < -0.3 is 20.1 Å². The Morgan fingerprint density at radius 1 is 0.968 bits per heavy atom. The summed E-state index contributed by atoms with van der Waals surface area (Å²) in [6.45, 7) is 7.38. The zero-order valence-corrected chi connectivity index (χ0v) is 19.6. The van der Waals surface area contributed by atoms with Crippen molar-refractivity contribution < 1.29 is 17.9 Å². The number of ether oxygens (including phenoxy) is 2. The smallest absolute Gasteiger partial charge is 0.191 e. The fraction of sp³-hybridized carbons (Fsp3) is 0.435. The molecular weight excluding hydrogens is 414 g/mol. The summed E-state index contributed by atoms with van der Waals surface area (Å²) in [5.41, 5.74) is 3.96. The highest BCUT2D eigenvalue weighted by atomic mass is 32.2. The quantitative estimate of drug-likeness (QED) is 0.313. The van der Waals surface area contributed by atoms with Gasteiger partial charge in [-0.15, -0.1) is 0 Å². The molecule has 0 unspecified atom stereocenters. The number of hydrogen-bond acceptors (Lipinski definition) is 5. The Hall–Kier alpha value is -2.42. The van der Waals surface area contributed by atoms with Gasteiger partial charge >= 0.3 is 0 Å². The van der Waals surface area contributed by atoms with Gasteiger partial charge in [-0.25, -0.2) is 8.42 Å². The van der Waals surface area contributed by atoms with Crippen LogP contribution < -0.4 is 10.6 Å². The van der Waals surface area contributed by atoms with Gasteiger partial charge in [-0.05, 0) is 42.2 Å². The van der Waals surface area contributed by atoms with E-state index in [2.05, 4.69) is 27.8 Å². The third kappa shape index (κ3) is 8.69. The lowest BCUT2D eigenvalue weighted by molar-refractivity contribution is 0.0453. The van der Waals surface area contributed by atoms with Crippen molar-refractivity contribution in [2.75, 3.05) is 33.1 Å². The molecule has 0 heterocycles. The highest BCUT2D eigenvalue weighted by molar-refractivity contribution is 7.90. The molecule has 2 rings (SSSR count). The Kier molecular flexibility index (Phi) is 9.97. The van der Waals surface area contributed by atoms with Crippen LogP contribution in [0.25, 0.3) is 0 Å². The molecule has 31 heavy (non-hydrogen) atoms. The number of sulfone groups is 1. The summed E-state index contributed by atoms with van der Waals surface area (Å²) < 4.78 is 34.4. The van der Waals surface area contributed by atoms with Crippen molar-refractivity contribution in [1.82, 2.24) is 10.6 Å². The summed E-state index contributed by atoms with van der Waals surface area (Å²) in [5.74, 6) is 0.670. The van der Waals surface area contributed by atoms with Gasteiger partial charge in [0.1, 0.15) is 0 Å². The van der Waals surface area contributed by atoms with Crippen LogP contribution in [0, 0.1) is 6.92 Å². The van der Waals surface area contributed by atoms with E-state index in [1.54, 1.807) is 20.0 Å². The Morgan fingerprint density at radius 3 is 2.23 bits per heavy atom. The predicted octanol–water partition coefficient (Wildman–Crippen LogP) is 2.82. The summed E-state index contributed by atoms with van der Waals surface area (Å²) in [5, 5.41) is 6.56. The molecule has 0 aliphatic rings. The summed E-state index contributed by atoms with van der Waals surface area (Å²) >= 11 is 0. The SMILES string of the molecule is CCOCCOCc1cccc(CNC(=NC)NCc2ccc(S(C)(=O)=O)c(C)c2)c1. The molecule has 0 saturated carbocycles. The lowest BCUT2D eigenvalue weighted by atomic mass is 10.1. The second kappa shape index (κ2) is 12.4. The molecule has 170 valence electrons. The van der Waals surface area contributed by atoms with Crippen LogP contribution in [0.15, 0.2) is 52.4 Å². The van der Waals surface area contributed by atoms with E-state index in [1.165, 1.54) is 6.26 Å². The zero-order valence-electron chi connectivity index (χ0n) is 18.8. The standard InChI is InChI=1S/C23H33N3O4S/c1-5-29-11-12-30-17-21-8-6-7-19(14-21)15-25-23(24-3)26-16-20-9-10-22(18(2)13-20)31(4,27)28/h6-10,13-14H,5,11-12,15-17H2,1-4H3,(H2,24,25,26). The van der Waals surface area contributed by atoms with Crippen LogP contribution in [-0.4, -0.2) is 47.5 Å². The van der Waals surface area contributed by atoms with Gasteiger partial charge in [-0.2, -0.15) is 0 Å². The van der Waals surface area contributed by atoms with Gasteiger partial charge in [0, 0.05) is 33.0 Å². The van der Waals surface area contributed by atoms with Crippen molar-refractivity contribution in [1.29, 1.82) is 0 Å². The molecule has 0 fully saturated rings. The number of aryl methyl sites for hydroxylation is 1. The number of nitrogens with zero attached hydrogens (tertiary/aromatic N) is 1. The van der Waals surface area contributed by atoms with Crippen molar-refractivity contribution in [2.45, 2.75) is 38.4 Å². The normalized spacial score (nSPS) is 12.1. The largest absolute Gasteiger partial charge is 0.379 e. The molecule has 0 aromatic heterocycles. The maximum atomic E-state index is 11.8. The molecule has 0 bridgehead atoms. The molecule has 7 nitrogen and oxygen atoms in total. The summed E-state index contributed by atoms with van der Waals surface area (Å²) in [6, 6.07) is 13.6. The molecule has 0 amide bonds. The van der Waals surface area contributed by atoms with Gasteiger partial charge in [0.05, 0.1) is 24.7 Å². The van der Waals surface area contributed by atoms with E-state index >= 15 is 0 Å². The molecule has 2 N–H and O–H groups in total. The number of hydrogen-bond donors (Lipinski definition) is 2. The number of rotatable bonds is 11. The first-order chi connectivity index (χ1) is 14.8. The molecule has 0 saturated heterocycles. The molecule has 0 atom stereocenters. The number of nitrogens with one attached hydrogen (secondary N) is 2. The molecule has 0 spiro atoms. The fourth-order valence-corrected chi connectivity index (χ4v) is 4.07. The Bertz CT molecular complexity index is 975. The van der Waals surface area contributed by atoms with Crippen molar-refractivity contribution >= 4 is 15.8 Å². The number of aliphatic imine (C=N–C) groups is 1. The van der Waals surface area contributed by atoms with E-state index in [1.807, 2.05) is 31.2 Å². The topological polar surface area (TPSA) is 89.0 Å². The van der Waals surface area contributed by atoms with E-state index in [4.69, 9.17) is 9.47 Å². The van der Waals surface area contributed by atoms with Gasteiger partial charge in [-0.1, -0.05) is 36.4 Å². The first-order valence-electron chi connectivity index (χ1n) is 10.3. The molecule has 8 heteroatoms. The first kappa shape index (κ1) is 24.8. The summed E-state index contributed by atoms with van der Waals surface area (Å²) in [6.07, 6.45) is 1.22. The average molecular weight is 448 g/mol. The number of benzene rings is 2. The Labute approximate surface area is 185 Å². The van der Waals surface area contributed by atoms with Crippen molar-refractivity contribution in [3.8, 4) is 0 Å². The van der Waals surface area contributed by atoms with Crippen molar-refractivity contribution in [3.05, 3.63) is 64.7 Å². The van der Waals surface area contributed by atoms with E-state index in [9.17, 15) is 8.42 Å². The minimum atomic E-state index is -3.21. The van der Waals surface area contributed by atoms with Crippen molar-refractivity contribution in [2.24, 2.45) is 4.99 Å². The fourth-order valence-electron chi connectivity index (χ4n) is 3.11. The van der Waals surface area contributed by atoms with E-state index in [0.717, 1.165) is 22.3 Å². The minimum absolute atomic E-state index is 0.362. The lowest BCUT2D eigenvalue weighted by Gasteiger charge is -2.14. The Balaban J connectivity index is 1.85. The molecule has 2 aromatic carbocycles. The zero-order chi connectivity index (χ0) is 22.7. The highest BCUT2D eigenvalue weighted by Crippen LogP contribution is 2.16. The van der Waals surface area contributed by atoms with Gasteiger partial charge in [0.2, 0.25) is 0 Å². The molecule has 2 aromatic rings. The second-order valence-corrected chi connectivity index (χ2v) is 9.20. The lowest BCUT2D eigenvalue weighted by Crippen LogP contribution is -2.36. The third-order valence-corrected chi connectivity index (χ3v) is 5.88. The summed E-state index contributed by atoms with van der Waals surface area (Å²) in [7, 11) is -1.49. The van der Waals surface area contributed by atoms with Crippen LogP contribution in [0.3, 0.4) is 0 Å². The maximum Gasteiger partial charge on any atom is 0.191 e. The average Bonchev–Trinajstić information content (AvgIpc) is 2.73. The third-order valence-electron chi connectivity index (χ3n) is 4.62. The van der Waals surface area contributed by atoms with Crippen LogP contribution in [0.1, 0.15) is 29.2 Å². The number of guanidine groups is 1. The van der Waals surface area contributed by atoms with E-state index in [0.29, 0.717) is 50.4 Å². The maximum absolute atomic E-state index is 11.8. The van der Waals surface area contributed by atoms with Crippen LogP contribution in [0.5, 0.6) is 0 Å². The van der Waals surface area contributed by atoms with Crippen LogP contribution in [0.4, 0.5) is 0 Å². The van der Waals surface area contributed by atoms with Gasteiger partial charge in [-0.3, -0.25) is 4.99 Å². The molecule has 0 aliphatic carbocycles. The molecule has 0 radical (unpaired) electrons. The van der Waals surface area contributed by atoms with Crippen LogP contribution >= 0.6 is 0 Å². The van der Waals surface area contributed by atoms with Gasteiger partial charge in [0.15, 0.2) is 15.8 Å². The van der Waals surface area contributed by atoms with E-state index in [-0.39, 0.29) is 0 Å². The molecular formula is C23H33N3O4S.